The lowest BCUT2D eigenvalue weighted by Gasteiger charge is -2.52. The van der Waals surface area contributed by atoms with Crippen molar-refractivity contribution in [2.75, 3.05) is 26.7 Å². The Balaban J connectivity index is 1.20. The number of methoxy groups -OCH3 is 1. The molecule has 0 radical (unpaired) electrons. The van der Waals surface area contributed by atoms with Gasteiger partial charge < -0.3 is 24.1 Å². The monoisotopic (exact) mass is 522 g/mol. The van der Waals surface area contributed by atoms with Gasteiger partial charge in [-0.2, -0.15) is 0 Å². The predicted molar refractivity (Wildman–Crippen MR) is 149 cm³/mol. The SMILES string of the molecule is COc1cc(C(=O)N2CC3CC4CC2[C@H]43)cc2nc(-c3cc4cccnc4n3CC3CC3)n(CC3CNC3)c12. The second-order valence-electron chi connectivity index (χ2n) is 12.7. The van der Waals surface area contributed by atoms with Crippen LogP contribution in [0, 0.1) is 29.6 Å². The molecule has 4 atom stereocenters. The number of ether oxygens (including phenoxy) is 1. The van der Waals surface area contributed by atoms with Gasteiger partial charge in [0.05, 0.1) is 18.3 Å². The van der Waals surface area contributed by atoms with Crippen LogP contribution in [0.25, 0.3) is 33.6 Å². The van der Waals surface area contributed by atoms with Crippen LogP contribution in [-0.2, 0) is 13.1 Å². The number of imidazole rings is 1. The molecule has 1 N–H and O–H groups in total. The van der Waals surface area contributed by atoms with E-state index in [0.29, 0.717) is 29.4 Å². The molecule has 8 heteroatoms. The maximum atomic E-state index is 13.8. The minimum absolute atomic E-state index is 0.138. The molecule has 3 aromatic heterocycles. The van der Waals surface area contributed by atoms with Gasteiger partial charge in [0.25, 0.3) is 5.91 Å². The van der Waals surface area contributed by atoms with E-state index in [1.54, 1.807) is 7.11 Å². The highest BCUT2D eigenvalue weighted by atomic mass is 16.5. The van der Waals surface area contributed by atoms with Crippen molar-refractivity contribution in [3.8, 4) is 17.3 Å². The number of rotatable bonds is 7. The van der Waals surface area contributed by atoms with Crippen molar-refractivity contribution in [3.63, 3.8) is 0 Å². The second-order valence-corrected chi connectivity index (χ2v) is 12.7. The number of likely N-dealkylation sites (tertiary alicyclic amines) is 1. The second kappa shape index (κ2) is 8.07. The molecule has 5 aliphatic rings. The predicted octanol–water partition coefficient (Wildman–Crippen LogP) is 4.17. The Morgan fingerprint density at radius 1 is 1.08 bits per heavy atom. The molecule has 0 bridgehead atoms. The van der Waals surface area contributed by atoms with Crippen LogP contribution < -0.4 is 10.1 Å². The molecule has 3 unspecified atom stereocenters. The fourth-order valence-corrected chi connectivity index (χ4v) is 8.00. The van der Waals surface area contributed by atoms with Gasteiger partial charge in [-0.05, 0) is 79.7 Å². The van der Waals surface area contributed by atoms with Crippen molar-refractivity contribution in [3.05, 3.63) is 42.1 Å². The number of nitrogens with one attached hydrogen (secondary N) is 1. The minimum Gasteiger partial charge on any atom is -0.494 e. The average molecular weight is 523 g/mol. The van der Waals surface area contributed by atoms with E-state index in [4.69, 9.17) is 14.7 Å². The number of hydrogen-bond donors (Lipinski definition) is 1. The number of pyridine rings is 1. The van der Waals surface area contributed by atoms with Crippen molar-refractivity contribution in [2.24, 2.45) is 29.6 Å². The molecular formula is C31H34N6O2. The van der Waals surface area contributed by atoms with Crippen LogP contribution in [0.4, 0.5) is 0 Å². The van der Waals surface area contributed by atoms with Crippen LogP contribution in [0.3, 0.4) is 0 Å². The van der Waals surface area contributed by atoms with Crippen LogP contribution in [0.1, 0.15) is 36.0 Å². The fraction of sp³-hybridized carbons (Fsp3) is 0.516. The highest BCUT2D eigenvalue weighted by Crippen LogP contribution is 2.60. The molecule has 3 aliphatic carbocycles. The van der Waals surface area contributed by atoms with Gasteiger partial charge in [0.1, 0.15) is 16.9 Å². The Kier molecular flexibility index (Phi) is 4.64. The molecule has 3 saturated carbocycles. The number of fused-ring (bicyclic) bond motifs is 2. The minimum atomic E-state index is 0.138. The van der Waals surface area contributed by atoms with Gasteiger partial charge in [-0.15, -0.1) is 0 Å². The lowest BCUT2D eigenvalue weighted by Crippen LogP contribution is -2.53. The highest BCUT2D eigenvalue weighted by molar-refractivity contribution is 6.00. The summed E-state index contributed by atoms with van der Waals surface area (Å²) < 4.78 is 10.7. The maximum absolute atomic E-state index is 13.8. The van der Waals surface area contributed by atoms with Gasteiger partial charge in [-0.3, -0.25) is 4.79 Å². The smallest absolute Gasteiger partial charge is 0.254 e. The van der Waals surface area contributed by atoms with Crippen LogP contribution in [-0.4, -0.2) is 62.7 Å². The molecule has 0 spiro atoms. The summed E-state index contributed by atoms with van der Waals surface area (Å²) in [6, 6.07) is 10.8. The number of carbonyl (C=O) groups excluding carboxylic acids is 1. The number of benzene rings is 1. The molecule has 2 aliphatic heterocycles. The van der Waals surface area contributed by atoms with Gasteiger partial charge in [-0.1, -0.05) is 0 Å². The summed E-state index contributed by atoms with van der Waals surface area (Å²) in [5.74, 6) is 5.40. The lowest BCUT2D eigenvalue weighted by molar-refractivity contribution is -0.0204. The third-order valence-corrected chi connectivity index (χ3v) is 10.4. The van der Waals surface area contributed by atoms with Crippen molar-refractivity contribution >= 4 is 28.0 Å². The molecular weight excluding hydrogens is 488 g/mol. The molecule has 8 nitrogen and oxygen atoms in total. The third kappa shape index (κ3) is 3.24. The first-order valence-electron chi connectivity index (χ1n) is 14.7. The fourth-order valence-electron chi connectivity index (χ4n) is 8.00. The summed E-state index contributed by atoms with van der Waals surface area (Å²) in [7, 11) is 1.71. The number of aromatic nitrogens is 4. The lowest BCUT2D eigenvalue weighted by atomic mass is 9.53. The largest absolute Gasteiger partial charge is 0.494 e. The van der Waals surface area contributed by atoms with E-state index < -0.39 is 0 Å². The molecule has 1 amide bonds. The Labute approximate surface area is 227 Å². The zero-order valence-electron chi connectivity index (χ0n) is 22.3. The first-order chi connectivity index (χ1) is 19.2. The highest BCUT2D eigenvalue weighted by Gasteiger charge is 2.61. The summed E-state index contributed by atoms with van der Waals surface area (Å²) in [5.41, 5.74) is 4.65. The van der Waals surface area contributed by atoms with Crippen LogP contribution in [0.15, 0.2) is 36.5 Å². The number of carbonyl (C=O) groups is 1. The Bertz CT molecular complexity index is 1650. The van der Waals surface area contributed by atoms with Crippen LogP contribution in [0.2, 0.25) is 0 Å². The van der Waals surface area contributed by atoms with E-state index in [0.717, 1.165) is 83.9 Å². The number of nitrogens with zero attached hydrogens (tertiary/aromatic N) is 5. The number of amides is 1. The number of hydrogen-bond acceptors (Lipinski definition) is 5. The summed E-state index contributed by atoms with van der Waals surface area (Å²) >= 11 is 0. The Morgan fingerprint density at radius 3 is 2.69 bits per heavy atom. The van der Waals surface area contributed by atoms with E-state index in [9.17, 15) is 4.79 Å². The van der Waals surface area contributed by atoms with E-state index in [2.05, 4.69) is 31.5 Å². The van der Waals surface area contributed by atoms with Gasteiger partial charge in [0.15, 0.2) is 5.82 Å². The van der Waals surface area contributed by atoms with Crippen LogP contribution in [0.5, 0.6) is 5.75 Å². The summed E-state index contributed by atoms with van der Waals surface area (Å²) in [6.45, 7) is 4.74. The summed E-state index contributed by atoms with van der Waals surface area (Å²) in [5, 5.41) is 4.56. The van der Waals surface area contributed by atoms with Crippen molar-refractivity contribution in [1.82, 2.24) is 29.3 Å². The first-order valence-corrected chi connectivity index (χ1v) is 14.7. The zero-order chi connectivity index (χ0) is 25.8. The summed E-state index contributed by atoms with van der Waals surface area (Å²) in [4.78, 5) is 26.0. The van der Waals surface area contributed by atoms with Gasteiger partial charge in [0.2, 0.25) is 0 Å². The van der Waals surface area contributed by atoms with Gasteiger partial charge >= 0.3 is 0 Å². The molecule has 5 fully saturated rings. The molecule has 9 rings (SSSR count). The third-order valence-electron chi connectivity index (χ3n) is 10.4. The topological polar surface area (TPSA) is 77.2 Å². The molecule has 200 valence electrons. The average Bonchev–Trinajstić information content (AvgIpc) is 3.56. The zero-order valence-corrected chi connectivity index (χ0v) is 22.3. The van der Waals surface area contributed by atoms with Gasteiger partial charge in [0, 0.05) is 61.8 Å². The first kappa shape index (κ1) is 22.4. The summed E-state index contributed by atoms with van der Waals surface area (Å²) in [6.07, 6.45) is 6.92. The van der Waals surface area contributed by atoms with Crippen molar-refractivity contribution in [2.45, 2.75) is 44.8 Å². The van der Waals surface area contributed by atoms with Crippen molar-refractivity contribution < 1.29 is 9.53 Å². The molecule has 2 saturated heterocycles. The van der Waals surface area contributed by atoms with Crippen LogP contribution >= 0.6 is 0 Å². The Hall–Kier alpha value is -3.39. The maximum Gasteiger partial charge on any atom is 0.254 e. The standard InChI is InChI=1S/C31H34N6O2/c1-39-26-11-21(31(38)36-16-22-7-20-10-24(36)27(20)22)8-23-28(26)37(15-18-12-32-13-18)30(34-23)25-9-19-3-2-6-33-29(19)35(25)14-17-4-5-17/h2-3,6,8-9,11,17-18,20,22,24,27,32H,4-5,7,10,12-16H2,1H3/t20?,22?,24?,27-/m1/s1. The van der Waals surface area contributed by atoms with Gasteiger partial charge in [-0.25, -0.2) is 9.97 Å². The molecule has 1 aromatic carbocycles. The molecule has 39 heavy (non-hydrogen) atoms. The normalized spacial score (nSPS) is 27.4. The molecule has 5 heterocycles. The van der Waals surface area contributed by atoms with E-state index in [1.165, 1.54) is 25.7 Å². The molecule has 4 aromatic rings. The Morgan fingerprint density at radius 2 is 1.95 bits per heavy atom. The van der Waals surface area contributed by atoms with E-state index in [1.807, 2.05) is 24.4 Å². The van der Waals surface area contributed by atoms with E-state index in [-0.39, 0.29) is 5.91 Å². The van der Waals surface area contributed by atoms with Crippen molar-refractivity contribution in [1.29, 1.82) is 0 Å². The quantitative estimate of drug-likeness (QED) is 0.394. The van der Waals surface area contributed by atoms with E-state index >= 15 is 0 Å².